The van der Waals surface area contributed by atoms with Crippen molar-refractivity contribution in [2.45, 2.75) is 25.4 Å². The molecule has 1 saturated heterocycles. The van der Waals surface area contributed by atoms with E-state index in [4.69, 9.17) is 4.74 Å². The first-order chi connectivity index (χ1) is 5.08. The maximum Gasteiger partial charge on any atom is 0.302 e. The number of unbranched alkanes of at least 4 members (excludes halogenated alkanes) is 1. The van der Waals surface area contributed by atoms with E-state index >= 15 is 0 Å². The van der Waals surface area contributed by atoms with Crippen LogP contribution in [0.5, 0.6) is 0 Å². The zero-order valence-electron chi connectivity index (χ0n) is 6.12. The van der Waals surface area contributed by atoms with Gasteiger partial charge in [-0.2, -0.15) is 8.42 Å². The molecule has 0 saturated carbocycles. The molecule has 3 nitrogen and oxygen atoms in total. The van der Waals surface area contributed by atoms with Crippen molar-refractivity contribution in [1.82, 2.24) is 0 Å². The van der Waals surface area contributed by atoms with Crippen LogP contribution in [0.2, 0.25) is 0 Å². The Morgan fingerprint density at radius 3 is 2.55 bits per heavy atom. The number of halogens is 1. The first kappa shape index (κ1) is 8.93. The summed E-state index contributed by atoms with van der Waals surface area (Å²) in [6.45, 7) is 0.780. The van der Waals surface area contributed by atoms with Gasteiger partial charge in [0, 0.05) is 0 Å². The summed E-state index contributed by atoms with van der Waals surface area (Å²) in [4.78, 5) is 0. The second-order valence-electron chi connectivity index (χ2n) is 2.69. The molecule has 0 amide bonds. The zero-order valence-corrected chi connectivity index (χ0v) is 6.94. The van der Waals surface area contributed by atoms with E-state index in [0.29, 0.717) is 12.5 Å². The number of hydrogen-bond acceptors (Lipinski definition) is 3. The average molecular weight is 182 g/mol. The van der Waals surface area contributed by atoms with E-state index < -0.39 is 10.2 Å². The molecule has 11 heavy (non-hydrogen) atoms. The third-order valence-electron chi connectivity index (χ3n) is 1.57. The number of rotatable bonds is 5. The van der Waals surface area contributed by atoms with E-state index in [-0.39, 0.29) is 5.75 Å². The molecule has 0 spiro atoms. The van der Waals surface area contributed by atoms with Gasteiger partial charge in [0.05, 0.1) is 18.5 Å². The molecule has 0 aliphatic carbocycles. The molecule has 1 atom stereocenters. The molecular formula is C6H11FO3S. The van der Waals surface area contributed by atoms with Crippen LogP contribution in [0.1, 0.15) is 19.3 Å². The molecule has 1 aliphatic rings. The lowest BCUT2D eigenvalue weighted by Gasteiger charge is -1.93. The van der Waals surface area contributed by atoms with Crippen molar-refractivity contribution >= 4 is 10.2 Å². The highest BCUT2D eigenvalue weighted by molar-refractivity contribution is 7.86. The first-order valence-corrected chi connectivity index (χ1v) is 5.17. The smallest absolute Gasteiger partial charge is 0.302 e. The molecule has 0 bridgehead atoms. The van der Waals surface area contributed by atoms with E-state index in [9.17, 15) is 12.3 Å². The van der Waals surface area contributed by atoms with Gasteiger partial charge < -0.3 is 4.74 Å². The summed E-state index contributed by atoms with van der Waals surface area (Å²) in [7, 11) is -4.24. The lowest BCUT2D eigenvalue weighted by atomic mass is 10.2. The fourth-order valence-electron chi connectivity index (χ4n) is 0.881. The van der Waals surface area contributed by atoms with Crippen LogP contribution in [0.3, 0.4) is 0 Å². The summed E-state index contributed by atoms with van der Waals surface area (Å²) in [6.07, 6.45) is 2.31. The SMILES string of the molecule is O=S(=O)(F)CCCCC1CO1. The van der Waals surface area contributed by atoms with Crippen molar-refractivity contribution in [2.24, 2.45) is 0 Å². The number of hydrogen-bond donors (Lipinski definition) is 0. The number of epoxide rings is 1. The van der Waals surface area contributed by atoms with Crippen LogP contribution in [0.25, 0.3) is 0 Å². The standard InChI is InChI=1S/C6H11FO3S/c7-11(8,9)4-2-1-3-6-5-10-6/h6H,1-5H2. The summed E-state index contributed by atoms with van der Waals surface area (Å²) in [6, 6.07) is 0. The second kappa shape index (κ2) is 3.49. The Hall–Kier alpha value is -0.160. The van der Waals surface area contributed by atoms with Crippen LogP contribution < -0.4 is 0 Å². The van der Waals surface area contributed by atoms with Gasteiger partial charge in [-0.05, 0) is 19.3 Å². The molecule has 66 valence electrons. The van der Waals surface area contributed by atoms with Crippen molar-refractivity contribution < 1.29 is 17.0 Å². The second-order valence-corrected chi connectivity index (χ2v) is 4.18. The van der Waals surface area contributed by atoms with Gasteiger partial charge in [-0.15, -0.1) is 3.89 Å². The summed E-state index contributed by atoms with van der Waals surface area (Å²) < 4.78 is 36.8. The van der Waals surface area contributed by atoms with Crippen LogP contribution in [-0.2, 0) is 15.0 Å². The zero-order chi connectivity index (χ0) is 8.32. The van der Waals surface area contributed by atoms with Gasteiger partial charge in [0.15, 0.2) is 0 Å². The normalized spacial score (nSPS) is 23.5. The molecule has 1 heterocycles. The Labute approximate surface area is 65.8 Å². The van der Waals surface area contributed by atoms with E-state index in [1.54, 1.807) is 0 Å². The van der Waals surface area contributed by atoms with Crippen LogP contribution in [-0.4, -0.2) is 26.9 Å². The molecule has 0 aromatic heterocycles. The van der Waals surface area contributed by atoms with Crippen molar-refractivity contribution in [2.75, 3.05) is 12.4 Å². The molecule has 0 aromatic carbocycles. The lowest BCUT2D eigenvalue weighted by Crippen LogP contribution is -1.98. The Morgan fingerprint density at radius 2 is 2.09 bits per heavy atom. The van der Waals surface area contributed by atoms with Crippen LogP contribution in [0, 0.1) is 0 Å². The Bertz CT molecular complexity index is 208. The minimum atomic E-state index is -4.24. The maximum absolute atomic E-state index is 11.9. The van der Waals surface area contributed by atoms with Crippen molar-refractivity contribution in [1.29, 1.82) is 0 Å². The highest BCUT2D eigenvalue weighted by Crippen LogP contribution is 2.16. The third-order valence-corrected chi connectivity index (χ3v) is 2.34. The molecule has 1 unspecified atom stereocenters. The molecule has 0 N–H and O–H groups in total. The van der Waals surface area contributed by atoms with Gasteiger partial charge >= 0.3 is 10.2 Å². The summed E-state index contributed by atoms with van der Waals surface area (Å²) in [5.41, 5.74) is 0. The van der Waals surface area contributed by atoms with Crippen molar-refractivity contribution in [3.8, 4) is 0 Å². The van der Waals surface area contributed by atoms with Crippen LogP contribution >= 0.6 is 0 Å². The molecule has 5 heteroatoms. The monoisotopic (exact) mass is 182 g/mol. The summed E-state index contributed by atoms with van der Waals surface area (Å²) in [5.74, 6) is -0.348. The van der Waals surface area contributed by atoms with E-state index in [2.05, 4.69) is 0 Å². The molecule has 1 fully saturated rings. The minimum absolute atomic E-state index is 0.317. The van der Waals surface area contributed by atoms with E-state index in [0.717, 1.165) is 19.4 Å². The lowest BCUT2D eigenvalue weighted by molar-refractivity contribution is 0.391. The topological polar surface area (TPSA) is 46.7 Å². The van der Waals surface area contributed by atoms with Gasteiger partial charge in [0.1, 0.15) is 0 Å². The third kappa shape index (κ3) is 5.15. The van der Waals surface area contributed by atoms with Gasteiger partial charge in [-0.25, -0.2) is 0 Å². The Balaban J connectivity index is 1.95. The van der Waals surface area contributed by atoms with Gasteiger partial charge in [0.2, 0.25) is 0 Å². The highest BCUT2D eigenvalue weighted by Gasteiger charge is 2.21. The predicted molar refractivity (Wildman–Crippen MR) is 38.5 cm³/mol. The fraction of sp³-hybridized carbons (Fsp3) is 1.00. The Morgan fingerprint density at radius 1 is 1.45 bits per heavy atom. The van der Waals surface area contributed by atoms with E-state index in [1.165, 1.54) is 0 Å². The van der Waals surface area contributed by atoms with Gasteiger partial charge in [0.25, 0.3) is 0 Å². The summed E-state index contributed by atoms with van der Waals surface area (Å²) in [5, 5.41) is 0. The average Bonchev–Trinajstić information content (AvgIpc) is 2.60. The molecular weight excluding hydrogens is 171 g/mol. The van der Waals surface area contributed by atoms with Crippen LogP contribution in [0.4, 0.5) is 3.89 Å². The van der Waals surface area contributed by atoms with Gasteiger partial charge in [-0.3, -0.25) is 0 Å². The van der Waals surface area contributed by atoms with Crippen molar-refractivity contribution in [3.05, 3.63) is 0 Å². The highest BCUT2D eigenvalue weighted by atomic mass is 32.3. The molecule has 1 rings (SSSR count). The first-order valence-electron chi connectivity index (χ1n) is 3.62. The predicted octanol–water partition coefficient (Wildman–Crippen LogP) is 0.855. The minimum Gasteiger partial charge on any atom is -0.373 e. The van der Waals surface area contributed by atoms with Crippen LogP contribution in [0.15, 0.2) is 0 Å². The largest absolute Gasteiger partial charge is 0.373 e. The quantitative estimate of drug-likeness (QED) is 0.360. The van der Waals surface area contributed by atoms with Crippen molar-refractivity contribution in [3.63, 3.8) is 0 Å². The molecule has 1 aliphatic heterocycles. The maximum atomic E-state index is 11.9. The van der Waals surface area contributed by atoms with Gasteiger partial charge in [-0.1, -0.05) is 0 Å². The molecule has 0 radical (unpaired) electrons. The summed E-state index contributed by atoms with van der Waals surface area (Å²) >= 11 is 0. The molecule has 0 aromatic rings. The fourth-order valence-corrected chi connectivity index (χ4v) is 1.43. The number of ether oxygens (including phenoxy) is 1. The Kier molecular flexibility index (Phi) is 2.84. The van der Waals surface area contributed by atoms with E-state index in [1.807, 2.05) is 0 Å².